The van der Waals surface area contributed by atoms with E-state index < -0.39 is 5.41 Å². The average molecular weight is 396 g/mol. The Morgan fingerprint density at radius 3 is 2.62 bits per heavy atom. The number of carbonyl (C=O) groups is 2. The van der Waals surface area contributed by atoms with Gasteiger partial charge in [0, 0.05) is 51.2 Å². The molecule has 2 aromatic rings. The monoisotopic (exact) mass is 395 g/mol. The number of hydrogen-bond acceptors (Lipinski definition) is 4. The summed E-state index contributed by atoms with van der Waals surface area (Å²) in [5, 5.41) is 4.21. The Labute approximate surface area is 171 Å². The van der Waals surface area contributed by atoms with Crippen molar-refractivity contribution in [3.8, 4) is 11.3 Å². The Bertz CT molecular complexity index is 873. The normalized spacial score (nSPS) is 22.2. The van der Waals surface area contributed by atoms with Crippen LogP contribution in [0.4, 0.5) is 0 Å². The minimum absolute atomic E-state index is 0.0567. The predicted octanol–water partition coefficient (Wildman–Crippen LogP) is 3.38. The van der Waals surface area contributed by atoms with E-state index in [1.165, 1.54) is 0 Å². The molecule has 1 unspecified atom stereocenters. The fourth-order valence-electron chi connectivity index (χ4n) is 4.58. The number of amides is 2. The molecule has 1 aromatic carbocycles. The van der Waals surface area contributed by atoms with Gasteiger partial charge >= 0.3 is 0 Å². The van der Waals surface area contributed by atoms with Crippen molar-refractivity contribution in [2.24, 2.45) is 11.3 Å². The van der Waals surface area contributed by atoms with Crippen LogP contribution in [0.3, 0.4) is 0 Å². The quantitative estimate of drug-likeness (QED) is 0.778. The molecule has 1 saturated heterocycles. The van der Waals surface area contributed by atoms with Crippen LogP contribution in [0, 0.1) is 11.3 Å². The van der Waals surface area contributed by atoms with E-state index in [0.717, 1.165) is 49.9 Å². The Morgan fingerprint density at radius 1 is 1.21 bits per heavy atom. The largest absolute Gasteiger partial charge is 0.361 e. The van der Waals surface area contributed by atoms with Gasteiger partial charge in [-0.2, -0.15) is 0 Å². The molecule has 2 aliphatic rings. The standard InChI is InChI=1S/C23H29N3O3/c1-25(2)22(28)23(12-7-13-26(16-23)21(27)18-10-6-11-18)15-19-14-20(24-29-19)17-8-4-3-5-9-17/h3-5,8-9,14,18H,6-7,10-13,15-16H2,1-2H3. The van der Waals surface area contributed by atoms with E-state index in [0.29, 0.717) is 18.7 Å². The zero-order valence-corrected chi connectivity index (χ0v) is 17.3. The maximum Gasteiger partial charge on any atom is 0.230 e. The fraction of sp³-hybridized carbons (Fsp3) is 0.522. The van der Waals surface area contributed by atoms with Crippen LogP contribution in [0.1, 0.15) is 37.9 Å². The molecule has 4 rings (SSSR count). The van der Waals surface area contributed by atoms with Gasteiger partial charge < -0.3 is 14.3 Å². The Hall–Kier alpha value is -2.63. The van der Waals surface area contributed by atoms with Crippen molar-refractivity contribution in [1.82, 2.24) is 15.0 Å². The molecular weight excluding hydrogens is 366 g/mol. The van der Waals surface area contributed by atoms with Crippen molar-refractivity contribution in [3.05, 3.63) is 42.2 Å². The molecule has 1 saturated carbocycles. The first-order valence-electron chi connectivity index (χ1n) is 10.5. The highest BCUT2D eigenvalue weighted by molar-refractivity contribution is 5.85. The third-order valence-electron chi connectivity index (χ3n) is 6.34. The SMILES string of the molecule is CN(C)C(=O)C1(Cc2cc(-c3ccccc3)no2)CCCN(C(=O)C2CCC2)C1. The van der Waals surface area contributed by atoms with Crippen LogP contribution >= 0.6 is 0 Å². The maximum absolute atomic E-state index is 13.2. The number of benzene rings is 1. The number of rotatable bonds is 5. The summed E-state index contributed by atoms with van der Waals surface area (Å²) in [5.41, 5.74) is 1.10. The molecule has 0 spiro atoms. The van der Waals surface area contributed by atoms with Gasteiger partial charge in [0.05, 0.1) is 5.41 Å². The summed E-state index contributed by atoms with van der Waals surface area (Å²) in [7, 11) is 3.57. The topological polar surface area (TPSA) is 66.7 Å². The van der Waals surface area contributed by atoms with E-state index in [1.807, 2.05) is 41.3 Å². The van der Waals surface area contributed by atoms with E-state index in [-0.39, 0.29) is 17.7 Å². The zero-order chi connectivity index (χ0) is 20.4. The number of piperidine rings is 1. The van der Waals surface area contributed by atoms with E-state index >= 15 is 0 Å². The molecular formula is C23H29N3O3. The van der Waals surface area contributed by atoms with E-state index in [2.05, 4.69) is 5.16 Å². The molecule has 2 fully saturated rings. The number of likely N-dealkylation sites (tertiary alicyclic amines) is 1. The van der Waals surface area contributed by atoms with Crippen LogP contribution in [0.5, 0.6) is 0 Å². The van der Waals surface area contributed by atoms with E-state index in [1.54, 1.807) is 19.0 Å². The first-order chi connectivity index (χ1) is 14.0. The Balaban J connectivity index is 1.58. The van der Waals surface area contributed by atoms with Crippen LogP contribution in [-0.4, -0.2) is 54.0 Å². The molecule has 1 atom stereocenters. The average Bonchev–Trinajstić information content (AvgIpc) is 3.15. The molecule has 1 aliphatic heterocycles. The van der Waals surface area contributed by atoms with Gasteiger partial charge in [-0.1, -0.05) is 41.9 Å². The highest BCUT2D eigenvalue weighted by atomic mass is 16.5. The summed E-state index contributed by atoms with van der Waals surface area (Å²) in [5.74, 6) is 1.11. The summed E-state index contributed by atoms with van der Waals surface area (Å²) in [6, 6.07) is 11.8. The van der Waals surface area contributed by atoms with Crippen molar-refractivity contribution < 1.29 is 14.1 Å². The zero-order valence-electron chi connectivity index (χ0n) is 17.3. The van der Waals surface area contributed by atoms with Gasteiger partial charge in [-0.05, 0) is 25.7 Å². The Morgan fingerprint density at radius 2 is 1.97 bits per heavy atom. The molecule has 154 valence electrons. The minimum Gasteiger partial charge on any atom is -0.361 e. The lowest BCUT2D eigenvalue weighted by Gasteiger charge is -2.44. The summed E-state index contributed by atoms with van der Waals surface area (Å²) in [6.07, 6.45) is 5.13. The molecule has 6 heteroatoms. The lowest BCUT2D eigenvalue weighted by Crippen LogP contribution is -2.55. The maximum atomic E-state index is 13.2. The van der Waals surface area contributed by atoms with Crippen molar-refractivity contribution in [3.63, 3.8) is 0 Å². The number of carbonyl (C=O) groups excluding carboxylic acids is 2. The highest BCUT2D eigenvalue weighted by Gasteiger charge is 2.46. The van der Waals surface area contributed by atoms with Gasteiger partial charge in [0.1, 0.15) is 11.5 Å². The lowest BCUT2D eigenvalue weighted by molar-refractivity contribution is -0.150. The third-order valence-corrected chi connectivity index (χ3v) is 6.34. The van der Waals surface area contributed by atoms with E-state index in [9.17, 15) is 9.59 Å². The lowest BCUT2D eigenvalue weighted by atomic mass is 9.74. The first-order valence-corrected chi connectivity index (χ1v) is 10.5. The summed E-state index contributed by atoms with van der Waals surface area (Å²) >= 11 is 0. The number of aromatic nitrogens is 1. The van der Waals surface area contributed by atoms with Gasteiger partial charge in [-0.3, -0.25) is 9.59 Å². The van der Waals surface area contributed by atoms with Crippen molar-refractivity contribution in [2.75, 3.05) is 27.2 Å². The minimum atomic E-state index is -0.658. The van der Waals surface area contributed by atoms with Gasteiger partial charge in [0.2, 0.25) is 11.8 Å². The second-order valence-corrected chi connectivity index (χ2v) is 8.69. The number of hydrogen-bond donors (Lipinski definition) is 0. The molecule has 0 bridgehead atoms. The van der Waals surface area contributed by atoms with Crippen molar-refractivity contribution in [2.45, 2.75) is 38.5 Å². The molecule has 1 aromatic heterocycles. The second-order valence-electron chi connectivity index (χ2n) is 8.69. The van der Waals surface area contributed by atoms with Crippen molar-refractivity contribution >= 4 is 11.8 Å². The smallest absolute Gasteiger partial charge is 0.230 e. The second kappa shape index (κ2) is 8.01. The van der Waals surface area contributed by atoms with Crippen LogP contribution in [0.2, 0.25) is 0 Å². The first kappa shape index (κ1) is 19.7. The molecule has 6 nitrogen and oxygen atoms in total. The fourth-order valence-corrected chi connectivity index (χ4v) is 4.58. The van der Waals surface area contributed by atoms with Gasteiger partial charge in [-0.15, -0.1) is 0 Å². The molecule has 0 N–H and O–H groups in total. The van der Waals surface area contributed by atoms with Crippen LogP contribution in [0.25, 0.3) is 11.3 Å². The molecule has 2 amide bonds. The Kier molecular flexibility index (Phi) is 5.43. The molecule has 2 heterocycles. The van der Waals surface area contributed by atoms with Gasteiger partial charge in [0.15, 0.2) is 0 Å². The van der Waals surface area contributed by atoms with Crippen LogP contribution < -0.4 is 0 Å². The van der Waals surface area contributed by atoms with Crippen LogP contribution in [-0.2, 0) is 16.0 Å². The van der Waals surface area contributed by atoms with Crippen LogP contribution in [0.15, 0.2) is 40.9 Å². The third kappa shape index (κ3) is 3.93. The van der Waals surface area contributed by atoms with Crippen molar-refractivity contribution in [1.29, 1.82) is 0 Å². The summed E-state index contributed by atoms with van der Waals surface area (Å²) < 4.78 is 5.63. The summed E-state index contributed by atoms with van der Waals surface area (Å²) in [6.45, 7) is 1.20. The summed E-state index contributed by atoms with van der Waals surface area (Å²) in [4.78, 5) is 29.7. The highest BCUT2D eigenvalue weighted by Crippen LogP contribution is 2.38. The molecule has 29 heavy (non-hydrogen) atoms. The van der Waals surface area contributed by atoms with Gasteiger partial charge in [0.25, 0.3) is 0 Å². The molecule has 0 radical (unpaired) electrons. The number of nitrogens with zero attached hydrogens (tertiary/aromatic N) is 3. The predicted molar refractivity (Wildman–Crippen MR) is 110 cm³/mol. The van der Waals surface area contributed by atoms with Gasteiger partial charge in [-0.25, -0.2) is 0 Å². The van der Waals surface area contributed by atoms with E-state index in [4.69, 9.17) is 4.52 Å². The molecule has 1 aliphatic carbocycles.